The normalized spacial score (nSPS) is 10.7. The minimum absolute atomic E-state index is 0.332. The van der Waals surface area contributed by atoms with E-state index in [1.54, 1.807) is 48.9 Å². The smallest absolute Gasteiger partial charge is 0.338 e. The number of rotatable bonds is 7. The van der Waals surface area contributed by atoms with E-state index in [9.17, 15) is 4.79 Å². The number of anilines is 1. The van der Waals surface area contributed by atoms with Crippen molar-refractivity contribution >= 4 is 23.1 Å². The van der Waals surface area contributed by atoms with E-state index in [4.69, 9.17) is 15.2 Å². The molecule has 3 aromatic rings. The molecular formula is C21H23N3O3S. The molecule has 146 valence electrons. The molecule has 7 heteroatoms. The number of hydrogen-bond acceptors (Lipinski definition) is 7. The third-order valence-electron chi connectivity index (χ3n) is 4.53. The van der Waals surface area contributed by atoms with Crippen molar-refractivity contribution in [2.24, 2.45) is 0 Å². The van der Waals surface area contributed by atoms with Crippen LogP contribution in [0, 0.1) is 13.8 Å². The molecule has 3 rings (SSSR count). The van der Waals surface area contributed by atoms with Gasteiger partial charge in [-0.1, -0.05) is 0 Å². The number of ether oxygens (including phenoxy) is 2. The Kier molecular flexibility index (Phi) is 6.26. The summed E-state index contributed by atoms with van der Waals surface area (Å²) in [5.41, 5.74) is 9.83. The first-order valence-corrected chi connectivity index (χ1v) is 9.81. The summed E-state index contributed by atoms with van der Waals surface area (Å²) in [4.78, 5) is 21.8. The Morgan fingerprint density at radius 3 is 2.61 bits per heavy atom. The molecule has 0 aliphatic heterocycles. The molecule has 0 amide bonds. The minimum atomic E-state index is -0.332. The molecule has 2 heterocycles. The van der Waals surface area contributed by atoms with Crippen LogP contribution in [-0.4, -0.2) is 29.7 Å². The topological polar surface area (TPSA) is 87.3 Å². The number of nitrogens with two attached hydrogens (primary N) is 1. The molecule has 6 nitrogen and oxygen atoms in total. The Bertz CT molecular complexity index is 968. The van der Waals surface area contributed by atoms with Gasteiger partial charge < -0.3 is 15.2 Å². The van der Waals surface area contributed by atoms with Crippen LogP contribution in [-0.2, 0) is 17.6 Å². The van der Waals surface area contributed by atoms with E-state index in [2.05, 4.69) is 22.3 Å². The van der Waals surface area contributed by atoms with Crippen LogP contribution in [0.15, 0.2) is 35.8 Å². The maximum Gasteiger partial charge on any atom is 0.338 e. The Balaban J connectivity index is 1.57. The summed E-state index contributed by atoms with van der Waals surface area (Å²) >= 11 is 1.67. The van der Waals surface area contributed by atoms with Gasteiger partial charge in [0, 0.05) is 29.5 Å². The number of benzene rings is 1. The highest BCUT2D eigenvalue weighted by Gasteiger charge is 2.12. The van der Waals surface area contributed by atoms with Crippen molar-refractivity contribution in [1.29, 1.82) is 0 Å². The maximum atomic E-state index is 12.1. The van der Waals surface area contributed by atoms with E-state index in [0.29, 0.717) is 42.4 Å². The average molecular weight is 398 g/mol. The molecule has 0 aliphatic rings. The van der Waals surface area contributed by atoms with Gasteiger partial charge in [0.25, 0.3) is 0 Å². The van der Waals surface area contributed by atoms with Crippen LogP contribution in [0.3, 0.4) is 0 Å². The second-order valence-electron chi connectivity index (χ2n) is 6.43. The highest BCUT2D eigenvalue weighted by Crippen LogP contribution is 2.26. The van der Waals surface area contributed by atoms with Gasteiger partial charge in [0.15, 0.2) is 0 Å². The van der Waals surface area contributed by atoms with Crippen LogP contribution in [0.4, 0.5) is 5.82 Å². The number of thiophene rings is 1. The molecule has 0 unspecified atom stereocenters. The van der Waals surface area contributed by atoms with Crippen LogP contribution in [0.1, 0.15) is 37.7 Å². The predicted molar refractivity (Wildman–Crippen MR) is 110 cm³/mol. The number of aromatic nitrogens is 2. The Morgan fingerprint density at radius 2 is 1.93 bits per heavy atom. The average Bonchev–Trinajstić information content (AvgIpc) is 3.03. The van der Waals surface area contributed by atoms with Gasteiger partial charge in [-0.25, -0.2) is 14.8 Å². The summed E-state index contributed by atoms with van der Waals surface area (Å²) in [5.74, 6) is 1.57. The summed E-state index contributed by atoms with van der Waals surface area (Å²) in [6.07, 6.45) is 3.16. The van der Waals surface area contributed by atoms with E-state index in [-0.39, 0.29) is 5.97 Å². The summed E-state index contributed by atoms with van der Waals surface area (Å²) < 4.78 is 10.5. The SMILES string of the molecule is COc1ccc(C(=O)OCCc2scc(Cc3cnc(C)nc3N)c2C)cc1. The first-order valence-electron chi connectivity index (χ1n) is 8.93. The lowest BCUT2D eigenvalue weighted by Crippen LogP contribution is -2.08. The molecule has 0 bridgehead atoms. The van der Waals surface area contributed by atoms with Crippen LogP contribution in [0.25, 0.3) is 0 Å². The van der Waals surface area contributed by atoms with Gasteiger partial charge in [0.2, 0.25) is 0 Å². The first-order chi connectivity index (χ1) is 13.5. The lowest BCUT2D eigenvalue weighted by molar-refractivity contribution is 0.0510. The van der Waals surface area contributed by atoms with Gasteiger partial charge in [-0.15, -0.1) is 11.3 Å². The van der Waals surface area contributed by atoms with E-state index >= 15 is 0 Å². The second kappa shape index (κ2) is 8.84. The van der Waals surface area contributed by atoms with Gasteiger partial charge in [-0.2, -0.15) is 0 Å². The number of nitrogens with zero attached hydrogens (tertiary/aromatic N) is 2. The molecule has 0 aliphatic carbocycles. The van der Waals surface area contributed by atoms with Crippen molar-refractivity contribution in [2.45, 2.75) is 26.7 Å². The van der Waals surface area contributed by atoms with Gasteiger partial charge in [0.05, 0.1) is 19.3 Å². The van der Waals surface area contributed by atoms with E-state index in [1.165, 1.54) is 16.0 Å². The van der Waals surface area contributed by atoms with Gasteiger partial charge >= 0.3 is 5.97 Å². The zero-order valence-corrected chi connectivity index (χ0v) is 17.0. The van der Waals surface area contributed by atoms with Crippen molar-refractivity contribution in [3.8, 4) is 5.75 Å². The number of carbonyl (C=O) groups excluding carboxylic acids is 1. The Labute approximate surface area is 168 Å². The number of esters is 1. The summed E-state index contributed by atoms with van der Waals surface area (Å²) in [5, 5.41) is 2.12. The van der Waals surface area contributed by atoms with Gasteiger partial charge in [0.1, 0.15) is 17.4 Å². The Morgan fingerprint density at radius 1 is 1.18 bits per heavy atom. The highest BCUT2D eigenvalue weighted by molar-refractivity contribution is 7.10. The zero-order valence-electron chi connectivity index (χ0n) is 16.2. The van der Waals surface area contributed by atoms with Crippen LogP contribution in [0.5, 0.6) is 5.75 Å². The van der Waals surface area contributed by atoms with Crippen LogP contribution in [0.2, 0.25) is 0 Å². The lowest BCUT2D eigenvalue weighted by Gasteiger charge is -2.07. The summed E-state index contributed by atoms with van der Waals surface area (Å²) in [7, 11) is 1.59. The molecule has 0 radical (unpaired) electrons. The number of methoxy groups -OCH3 is 1. The molecule has 2 aromatic heterocycles. The monoisotopic (exact) mass is 397 g/mol. The number of carbonyl (C=O) groups is 1. The van der Waals surface area contributed by atoms with Crippen molar-refractivity contribution in [3.05, 3.63) is 68.8 Å². The van der Waals surface area contributed by atoms with Gasteiger partial charge in [-0.3, -0.25) is 0 Å². The van der Waals surface area contributed by atoms with E-state index in [1.807, 2.05) is 6.92 Å². The third-order valence-corrected chi connectivity index (χ3v) is 5.73. The molecule has 0 fully saturated rings. The van der Waals surface area contributed by atoms with Crippen LogP contribution < -0.4 is 10.5 Å². The number of hydrogen-bond donors (Lipinski definition) is 1. The molecule has 28 heavy (non-hydrogen) atoms. The van der Waals surface area contributed by atoms with Gasteiger partial charge in [-0.05, 0) is 54.6 Å². The maximum absolute atomic E-state index is 12.1. The second-order valence-corrected chi connectivity index (χ2v) is 7.39. The molecule has 0 atom stereocenters. The minimum Gasteiger partial charge on any atom is -0.497 e. The van der Waals surface area contributed by atoms with Crippen molar-refractivity contribution < 1.29 is 14.3 Å². The largest absolute Gasteiger partial charge is 0.497 e. The quantitative estimate of drug-likeness (QED) is 0.611. The summed E-state index contributed by atoms with van der Waals surface area (Å²) in [6, 6.07) is 6.88. The lowest BCUT2D eigenvalue weighted by atomic mass is 10.0. The Hall–Kier alpha value is -2.93. The zero-order chi connectivity index (χ0) is 20.1. The predicted octanol–water partition coefficient (Wildman–Crippen LogP) is 3.74. The highest BCUT2D eigenvalue weighted by atomic mass is 32.1. The number of aryl methyl sites for hydroxylation is 1. The van der Waals surface area contributed by atoms with Crippen molar-refractivity contribution in [1.82, 2.24) is 9.97 Å². The van der Waals surface area contributed by atoms with E-state index in [0.717, 1.165) is 5.56 Å². The molecule has 1 aromatic carbocycles. The summed E-state index contributed by atoms with van der Waals surface area (Å²) in [6.45, 7) is 4.24. The fourth-order valence-electron chi connectivity index (χ4n) is 2.82. The first kappa shape index (κ1) is 19.8. The number of nitrogen functional groups attached to an aromatic ring is 1. The third kappa shape index (κ3) is 4.67. The molecular weight excluding hydrogens is 374 g/mol. The standard InChI is InChI=1S/C21H23N3O3S/c1-13-17(10-16-11-23-14(2)24-20(16)22)12-28-19(13)8-9-27-21(25)15-4-6-18(26-3)7-5-15/h4-7,11-12H,8-10H2,1-3H3,(H2,22,23,24). The van der Waals surface area contributed by atoms with E-state index < -0.39 is 0 Å². The van der Waals surface area contributed by atoms with Crippen molar-refractivity contribution in [3.63, 3.8) is 0 Å². The molecule has 2 N–H and O–H groups in total. The molecule has 0 saturated heterocycles. The fraction of sp³-hybridized carbons (Fsp3) is 0.286. The fourth-order valence-corrected chi connectivity index (χ4v) is 3.87. The molecule has 0 spiro atoms. The molecule has 0 saturated carbocycles. The van der Waals surface area contributed by atoms with Crippen molar-refractivity contribution in [2.75, 3.05) is 19.5 Å². The van der Waals surface area contributed by atoms with Crippen LogP contribution >= 0.6 is 11.3 Å².